The van der Waals surface area contributed by atoms with Crippen LogP contribution < -0.4 is 10.6 Å². The van der Waals surface area contributed by atoms with Gasteiger partial charge < -0.3 is 10.6 Å². The van der Waals surface area contributed by atoms with E-state index in [0.717, 1.165) is 78.6 Å². The first-order valence-corrected chi connectivity index (χ1v) is 14.2. The Morgan fingerprint density at radius 1 is 0.730 bits per heavy atom. The van der Waals surface area contributed by atoms with Gasteiger partial charge in [-0.3, -0.25) is 14.5 Å². The summed E-state index contributed by atoms with van der Waals surface area (Å²) >= 11 is 0. The van der Waals surface area contributed by atoms with Crippen LogP contribution in [0.1, 0.15) is 82.1 Å². The lowest BCUT2D eigenvalue weighted by atomic mass is 9.97. The third kappa shape index (κ3) is 8.29. The summed E-state index contributed by atoms with van der Waals surface area (Å²) in [6.07, 6.45) is 11.4. The maximum atomic E-state index is 13.3. The van der Waals surface area contributed by atoms with Gasteiger partial charge in [-0.1, -0.05) is 75.7 Å². The highest BCUT2D eigenvalue weighted by atomic mass is 16.2. The summed E-state index contributed by atoms with van der Waals surface area (Å²) < 4.78 is 0. The minimum Gasteiger partial charge on any atom is -0.324 e. The number of amides is 2. The summed E-state index contributed by atoms with van der Waals surface area (Å²) in [6.45, 7) is 9.51. The Balaban J connectivity index is 1.74. The van der Waals surface area contributed by atoms with Crippen LogP contribution in [0.3, 0.4) is 0 Å². The van der Waals surface area contributed by atoms with Crippen molar-refractivity contribution < 1.29 is 9.59 Å². The van der Waals surface area contributed by atoms with Gasteiger partial charge in [-0.15, -0.1) is 0 Å². The van der Waals surface area contributed by atoms with Crippen molar-refractivity contribution in [3.63, 3.8) is 0 Å². The molecule has 37 heavy (non-hydrogen) atoms. The van der Waals surface area contributed by atoms with Gasteiger partial charge in [0.15, 0.2) is 0 Å². The summed E-state index contributed by atoms with van der Waals surface area (Å²) in [6, 6.07) is 12.4. The molecule has 0 saturated heterocycles. The molecule has 0 aromatic heterocycles. The van der Waals surface area contributed by atoms with Crippen molar-refractivity contribution in [3.05, 3.63) is 70.3 Å². The molecule has 2 N–H and O–H groups in total. The highest BCUT2D eigenvalue weighted by Crippen LogP contribution is 2.24. The monoisotopic (exact) mass is 503 g/mol. The largest absolute Gasteiger partial charge is 0.324 e. The molecule has 3 rings (SSSR count). The van der Waals surface area contributed by atoms with Gasteiger partial charge in [-0.25, -0.2) is 0 Å². The van der Waals surface area contributed by atoms with Crippen LogP contribution in [0.5, 0.6) is 0 Å². The first-order valence-electron chi connectivity index (χ1n) is 14.2. The molecule has 0 heterocycles. The fourth-order valence-electron chi connectivity index (χ4n) is 5.22. The van der Waals surface area contributed by atoms with Crippen molar-refractivity contribution in [2.24, 2.45) is 0 Å². The van der Waals surface area contributed by atoms with Crippen LogP contribution in [-0.2, 0) is 35.3 Å². The minimum atomic E-state index is -0.0655. The van der Waals surface area contributed by atoms with E-state index in [1.807, 2.05) is 4.90 Å². The average molecular weight is 504 g/mol. The zero-order valence-electron chi connectivity index (χ0n) is 23.3. The quantitative estimate of drug-likeness (QED) is 0.299. The maximum Gasteiger partial charge on any atom is 0.238 e. The zero-order chi connectivity index (χ0) is 26.6. The molecule has 0 unspecified atom stereocenters. The van der Waals surface area contributed by atoms with Gasteiger partial charge in [-0.05, 0) is 80.0 Å². The summed E-state index contributed by atoms with van der Waals surface area (Å²) in [4.78, 5) is 28.5. The Hall–Kier alpha value is -2.92. The number of nitrogens with zero attached hydrogens (tertiary/aromatic N) is 1. The van der Waals surface area contributed by atoms with Crippen LogP contribution in [0.15, 0.2) is 48.0 Å². The lowest BCUT2D eigenvalue weighted by Crippen LogP contribution is -2.40. The molecule has 0 saturated carbocycles. The topological polar surface area (TPSA) is 61.4 Å². The second-order valence-corrected chi connectivity index (χ2v) is 9.98. The van der Waals surface area contributed by atoms with E-state index in [4.69, 9.17) is 0 Å². The standard InChI is InChI=1S/C32H45N3O2/c1-5-25-16-12-17-26(6-2)31(25)33-29(36)22-35(21-20-24-14-10-9-11-15-24)23-30(37)34-32-27(7-3)18-13-19-28(32)8-4/h12-14,16-19H,5-11,15,20-23H2,1-4H3,(H,33,36)(H,34,37). The minimum absolute atomic E-state index is 0.0655. The van der Waals surface area contributed by atoms with E-state index in [-0.39, 0.29) is 24.9 Å². The Morgan fingerprint density at radius 2 is 1.19 bits per heavy atom. The van der Waals surface area contributed by atoms with E-state index in [1.54, 1.807) is 0 Å². The number of nitrogens with one attached hydrogen (secondary N) is 2. The zero-order valence-corrected chi connectivity index (χ0v) is 23.3. The van der Waals surface area contributed by atoms with E-state index < -0.39 is 0 Å². The fourth-order valence-corrected chi connectivity index (χ4v) is 5.22. The molecule has 0 spiro atoms. The first kappa shape index (κ1) is 28.6. The third-order valence-electron chi connectivity index (χ3n) is 7.40. The average Bonchev–Trinajstić information content (AvgIpc) is 2.92. The normalized spacial score (nSPS) is 13.4. The Kier molecular flexibility index (Phi) is 11.4. The Bertz CT molecular complexity index is 973. The van der Waals surface area contributed by atoms with Crippen LogP contribution >= 0.6 is 0 Å². The highest BCUT2D eigenvalue weighted by Gasteiger charge is 2.19. The third-order valence-corrected chi connectivity index (χ3v) is 7.40. The first-order chi connectivity index (χ1) is 18.0. The number of anilines is 2. The van der Waals surface area contributed by atoms with Gasteiger partial charge in [-0.2, -0.15) is 0 Å². The molecule has 200 valence electrons. The number of rotatable bonds is 13. The van der Waals surface area contributed by atoms with Crippen LogP contribution in [0.25, 0.3) is 0 Å². The van der Waals surface area contributed by atoms with Crippen molar-refractivity contribution >= 4 is 23.2 Å². The molecule has 1 aliphatic rings. The number of hydrogen-bond acceptors (Lipinski definition) is 3. The molecule has 2 amide bonds. The van der Waals surface area contributed by atoms with Crippen molar-refractivity contribution in [2.45, 2.75) is 85.5 Å². The molecule has 5 nitrogen and oxygen atoms in total. The molecule has 1 aliphatic carbocycles. The second-order valence-electron chi connectivity index (χ2n) is 9.98. The van der Waals surface area contributed by atoms with Crippen molar-refractivity contribution in [2.75, 3.05) is 30.3 Å². The lowest BCUT2D eigenvalue weighted by molar-refractivity contribution is -0.120. The summed E-state index contributed by atoms with van der Waals surface area (Å²) in [5, 5.41) is 6.36. The van der Waals surface area contributed by atoms with Crippen LogP contribution in [0.2, 0.25) is 0 Å². The van der Waals surface area contributed by atoms with Crippen molar-refractivity contribution in [3.8, 4) is 0 Å². The molecule has 2 aromatic carbocycles. The highest BCUT2D eigenvalue weighted by molar-refractivity contribution is 5.96. The number of carbonyl (C=O) groups is 2. The van der Waals surface area contributed by atoms with E-state index >= 15 is 0 Å². The molecule has 0 atom stereocenters. The molecule has 2 aromatic rings. The molecule has 0 fully saturated rings. The van der Waals surface area contributed by atoms with Crippen molar-refractivity contribution in [1.29, 1.82) is 0 Å². The van der Waals surface area contributed by atoms with E-state index in [0.29, 0.717) is 6.54 Å². The van der Waals surface area contributed by atoms with E-state index in [1.165, 1.54) is 18.4 Å². The van der Waals surface area contributed by atoms with Gasteiger partial charge in [0.25, 0.3) is 0 Å². The molecule has 5 heteroatoms. The second kappa shape index (κ2) is 14.7. The molecule has 0 aliphatic heterocycles. The summed E-state index contributed by atoms with van der Waals surface area (Å²) in [7, 11) is 0. The van der Waals surface area contributed by atoms with Crippen LogP contribution in [-0.4, -0.2) is 36.3 Å². The Morgan fingerprint density at radius 3 is 1.57 bits per heavy atom. The number of hydrogen-bond donors (Lipinski definition) is 2. The fraction of sp³-hybridized carbons (Fsp3) is 0.500. The van der Waals surface area contributed by atoms with Gasteiger partial charge in [0, 0.05) is 17.9 Å². The van der Waals surface area contributed by atoms with E-state index in [9.17, 15) is 9.59 Å². The van der Waals surface area contributed by atoms with Crippen LogP contribution in [0.4, 0.5) is 11.4 Å². The maximum absolute atomic E-state index is 13.3. The summed E-state index contributed by atoms with van der Waals surface area (Å²) in [5.41, 5.74) is 7.90. The van der Waals surface area contributed by atoms with Crippen molar-refractivity contribution in [1.82, 2.24) is 4.90 Å². The molecule has 0 bridgehead atoms. The number of benzene rings is 2. The number of allylic oxidation sites excluding steroid dienone is 1. The molecular formula is C32H45N3O2. The predicted molar refractivity (Wildman–Crippen MR) is 155 cm³/mol. The number of aryl methyl sites for hydroxylation is 4. The lowest BCUT2D eigenvalue weighted by Gasteiger charge is -2.24. The number of carbonyl (C=O) groups excluding carboxylic acids is 2. The van der Waals surface area contributed by atoms with Gasteiger partial charge in [0.2, 0.25) is 11.8 Å². The number of para-hydroxylation sites is 2. The SMILES string of the molecule is CCc1cccc(CC)c1NC(=O)CN(CCC1=CCCCC1)CC(=O)Nc1c(CC)cccc1CC. The predicted octanol–water partition coefficient (Wildman–Crippen LogP) is 6.71. The van der Waals surface area contributed by atoms with Gasteiger partial charge in [0.05, 0.1) is 13.1 Å². The summed E-state index contributed by atoms with van der Waals surface area (Å²) in [5.74, 6) is -0.131. The van der Waals surface area contributed by atoms with E-state index in [2.05, 4.69) is 80.8 Å². The molecule has 0 radical (unpaired) electrons. The Labute approximate surface area is 223 Å². The van der Waals surface area contributed by atoms with Gasteiger partial charge >= 0.3 is 0 Å². The van der Waals surface area contributed by atoms with Gasteiger partial charge in [0.1, 0.15) is 0 Å². The smallest absolute Gasteiger partial charge is 0.238 e. The molecular weight excluding hydrogens is 458 g/mol. The van der Waals surface area contributed by atoms with Crippen LogP contribution in [0, 0.1) is 0 Å².